The van der Waals surface area contributed by atoms with Crippen LogP contribution in [-0.4, -0.2) is 0 Å². The summed E-state index contributed by atoms with van der Waals surface area (Å²) in [5.41, 5.74) is 1.08. The molecule has 0 aromatic heterocycles. The summed E-state index contributed by atoms with van der Waals surface area (Å²) < 4.78 is 0. The molecule has 0 spiro atoms. The average molecular weight is 170 g/mol. The predicted octanol–water partition coefficient (Wildman–Crippen LogP) is 4.64. The summed E-state index contributed by atoms with van der Waals surface area (Å²) in [5, 5.41) is 0. The minimum atomic E-state index is 0.505. The highest BCUT2D eigenvalue weighted by atomic mass is 14.4. The summed E-state index contributed by atoms with van der Waals surface area (Å²) in [6, 6.07) is 0. The minimum absolute atomic E-state index is 0.505. The molecule has 0 N–H and O–H groups in total. The summed E-state index contributed by atoms with van der Waals surface area (Å²) in [6.45, 7) is 14.2. The fourth-order valence-electron chi connectivity index (χ4n) is 2.56. The second kappa shape index (κ2) is 4.30. The Bertz CT molecular complexity index is 110. The highest BCUT2D eigenvalue weighted by Gasteiger charge is 2.38. The first-order chi connectivity index (χ1) is 5.49. The quantitative estimate of drug-likeness (QED) is 0.564. The number of rotatable bonds is 5. The van der Waals surface area contributed by atoms with Crippen molar-refractivity contribution < 1.29 is 0 Å². The van der Waals surface area contributed by atoms with E-state index in [-0.39, 0.29) is 0 Å². The van der Waals surface area contributed by atoms with Gasteiger partial charge in [0.05, 0.1) is 0 Å². The maximum Gasteiger partial charge on any atom is -0.0254 e. The zero-order valence-corrected chi connectivity index (χ0v) is 9.83. The van der Waals surface area contributed by atoms with E-state index < -0.39 is 0 Å². The molecule has 0 saturated heterocycles. The molecule has 0 amide bonds. The van der Waals surface area contributed by atoms with Crippen LogP contribution in [-0.2, 0) is 0 Å². The van der Waals surface area contributed by atoms with Crippen molar-refractivity contribution in [3.05, 3.63) is 0 Å². The van der Waals surface area contributed by atoms with Crippen LogP contribution in [0.15, 0.2) is 0 Å². The van der Waals surface area contributed by atoms with Gasteiger partial charge in [0.25, 0.3) is 0 Å². The molecule has 0 aromatic rings. The lowest BCUT2D eigenvalue weighted by molar-refractivity contribution is 0.0481. The van der Waals surface area contributed by atoms with Gasteiger partial charge in [0.1, 0.15) is 0 Å². The third-order valence-electron chi connectivity index (χ3n) is 4.35. The number of hydrogen-bond acceptors (Lipinski definition) is 0. The first-order valence-electron chi connectivity index (χ1n) is 5.49. The Morgan fingerprint density at radius 2 is 1.00 bits per heavy atom. The summed E-state index contributed by atoms with van der Waals surface area (Å²) >= 11 is 0. The summed E-state index contributed by atoms with van der Waals surface area (Å²) in [5.74, 6) is 0. The maximum atomic E-state index is 2.42. The first kappa shape index (κ1) is 12.0. The van der Waals surface area contributed by atoms with E-state index in [4.69, 9.17) is 0 Å². The van der Waals surface area contributed by atoms with E-state index in [2.05, 4.69) is 41.5 Å². The van der Waals surface area contributed by atoms with Crippen LogP contribution in [0, 0.1) is 10.8 Å². The van der Waals surface area contributed by atoms with E-state index in [1.54, 1.807) is 0 Å². The van der Waals surface area contributed by atoms with Crippen molar-refractivity contribution in [2.75, 3.05) is 0 Å². The van der Waals surface area contributed by atoms with Gasteiger partial charge in [0.2, 0.25) is 0 Å². The van der Waals surface area contributed by atoms with Crippen molar-refractivity contribution in [1.29, 1.82) is 0 Å². The van der Waals surface area contributed by atoms with Gasteiger partial charge >= 0.3 is 0 Å². The van der Waals surface area contributed by atoms with E-state index >= 15 is 0 Å². The molecule has 0 heterocycles. The summed E-state index contributed by atoms with van der Waals surface area (Å²) in [7, 11) is 0. The average Bonchev–Trinajstić information content (AvgIpc) is 2.08. The van der Waals surface area contributed by atoms with Gasteiger partial charge in [0, 0.05) is 0 Å². The Kier molecular flexibility index (Phi) is 4.30. The zero-order valence-electron chi connectivity index (χ0n) is 9.83. The summed E-state index contributed by atoms with van der Waals surface area (Å²) in [4.78, 5) is 0. The van der Waals surface area contributed by atoms with Gasteiger partial charge in [-0.05, 0) is 30.1 Å². The minimum Gasteiger partial charge on any atom is -0.0649 e. The molecular formula is C12H26. The van der Waals surface area contributed by atoms with Crippen LogP contribution < -0.4 is 0 Å². The van der Waals surface area contributed by atoms with Crippen LogP contribution in [0.4, 0.5) is 0 Å². The smallest absolute Gasteiger partial charge is 0.0254 e. The van der Waals surface area contributed by atoms with Crippen LogP contribution >= 0.6 is 0 Å². The lowest BCUT2D eigenvalue weighted by Crippen LogP contribution is -2.35. The Hall–Kier alpha value is 0. The molecule has 12 heavy (non-hydrogen) atoms. The van der Waals surface area contributed by atoms with Crippen LogP contribution in [0.5, 0.6) is 0 Å². The molecule has 74 valence electrons. The maximum absolute atomic E-state index is 2.42. The highest BCUT2D eigenvalue weighted by Crippen LogP contribution is 2.49. The molecule has 0 aromatic carbocycles. The van der Waals surface area contributed by atoms with Gasteiger partial charge in [-0.2, -0.15) is 0 Å². The van der Waals surface area contributed by atoms with E-state index in [9.17, 15) is 0 Å². The highest BCUT2D eigenvalue weighted by molar-refractivity contribution is 4.89. The van der Waals surface area contributed by atoms with Crippen molar-refractivity contribution in [3.8, 4) is 0 Å². The third-order valence-corrected chi connectivity index (χ3v) is 4.35. The predicted molar refractivity (Wildman–Crippen MR) is 57.4 cm³/mol. The van der Waals surface area contributed by atoms with Crippen molar-refractivity contribution in [2.24, 2.45) is 10.8 Å². The summed E-state index contributed by atoms with van der Waals surface area (Å²) in [6.07, 6.45) is 5.26. The van der Waals surface area contributed by atoms with Gasteiger partial charge in [-0.3, -0.25) is 0 Å². The van der Waals surface area contributed by atoms with Crippen LogP contribution in [0.1, 0.15) is 67.2 Å². The molecule has 0 aliphatic rings. The zero-order chi connectivity index (χ0) is 9.83. The molecule has 0 nitrogen and oxygen atoms in total. The van der Waals surface area contributed by atoms with Gasteiger partial charge < -0.3 is 0 Å². The van der Waals surface area contributed by atoms with Gasteiger partial charge in [0.15, 0.2) is 0 Å². The van der Waals surface area contributed by atoms with Gasteiger partial charge in [-0.1, -0.05) is 48.0 Å². The molecule has 0 heteroatoms. The molecule has 0 saturated carbocycles. The van der Waals surface area contributed by atoms with E-state index in [1.165, 1.54) is 25.7 Å². The first-order valence-corrected chi connectivity index (χ1v) is 5.49. The van der Waals surface area contributed by atoms with Crippen molar-refractivity contribution in [1.82, 2.24) is 0 Å². The Morgan fingerprint density at radius 1 is 0.667 bits per heavy atom. The van der Waals surface area contributed by atoms with Crippen LogP contribution in [0.25, 0.3) is 0 Å². The second-order valence-corrected chi connectivity index (χ2v) is 4.58. The van der Waals surface area contributed by atoms with Crippen molar-refractivity contribution in [3.63, 3.8) is 0 Å². The molecule has 0 radical (unpaired) electrons. The molecule has 0 aliphatic heterocycles. The van der Waals surface area contributed by atoms with Gasteiger partial charge in [-0.25, -0.2) is 0 Å². The molecule has 0 aliphatic carbocycles. The molecule has 0 rings (SSSR count). The third kappa shape index (κ3) is 1.84. The van der Waals surface area contributed by atoms with E-state index in [1.807, 2.05) is 0 Å². The Morgan fingerprint density at radius 3 is 1.08 bits per heavy atom. The molecule has 0 unspecified atom stereocenters. The molecule has 0 fully saturated rings. The lowest BCUT2D eigenvalue weighted by Gasteiger charge is -2.45. The number of hydrogen-bond donors (Lipinski definition) is 0. The van der Waals surface area contributed by atoms with Crippen molar-refractivity contribution in [2.45, 2.75) is 67.2 Å². The van der Waals surface area contributed by atoms with Crippen LogP contribution in [0.3, 0.4) is 0 Å². The van der Waals surface area contributed by atoms with E-state index in [0.717, 1.165) is 0 Å². The molecule has 0 bridgehead atoms. The molecular weight excluding hydrogens is 144 g/mol. The largest absolute Gasteiger partial charge is 0.0649 e. The van der Waals surface area contributed by atoms with Crippen LogP contribution in [0.2, 0.25) is 0 Å². The van der Waals surface area contributed by atoms with E-state index in [0.29, 0.717) is 10.8 Å². The lowest BCUT2D eigenvalue weighted by atomic mass is 9.60. The SMILES string of the molecule is CCC(C)(C)C(CC)(CC)CC. The standard InChI is InChI=1S/C12H26/c1-7-11(5,6)12(8-2,9-3)10-4/h7-10H2,1-6H3. The monoisotopic (exact) mass is 170 g/mol. The fraction of sp³-hybridized carbons (Fsp3) is 1.00. The second-order valence-electron chi connectivity index (χ2n) is 4.58. The molecule has 0 atom stereocenters. The van der Waals surface area contributed by atoms with Crippen molar-refractivity contribution >= 4 is 0 Å². The fourth-order valence-corrected chi connectivity index (χ4v) is 2.56. The normalized spacial score (nSPS) is 13.5. The Balaban J connectivity index is 4.69. The topological polar surface area (TPSA) is 0 Å². The Labute approximate surface area is 78.8 Å². The van der Waals surface area contributed by atoms with Gasteiger partial charge in [-0.15, -0.1) is 0 Å².